The number of anilines is 1. The van der Waals surface area contributed by atoms with Crippen molar-refractivity contribution >= 4 is 27.5 Å². The van der Waals surface area contributed by atoms with Crippen molar-refractivity contribution in [1.29, 1.82) is 0 Å². The second-order valence-corrected chi connectivity index (χ2v) is 4.89. The van der Waals surface area contributed by atoms with Crippen molar-refractivity contribution in [2.75, 3.05) is 5.32 Å². The topological polar surface area (TPSA) is 60.0 Å². The van der Waals surface area contributed by atoms with Crippen LogP contribution < -0.4 is 11.1 Å². The van der Waals surface area contributed by atoms with E-state index >= 15 is 0 Å². The van der Waals surface area contributed by atoms with Crippen molar-refractivity contribution in [3.05, 3.63) is 52.3 Å². The van der Waals surface area contributed by atoms with Crippen LogP contribution in [0.25, 0.3) is 0 Å². The van der Waals surface area contributed by atoms with Crippen LogP contribution in [-0.4, -0.2) is 10.5 Å². The number of para-hydroxylation sites is 1. The number of nitrogens with one attached hydrogen (secondary N) is 1. The summed E-state index contributed by atoms with van der Waals surface area (Å²) >= 11 is 3.34. The predicted molar refractivity (Wildman–Crippen MR) is 75.4 cm³/mol. The van der Waals surface area contributed by atoms with Gasteiger partial charge in [-0.1, -0.05) is 18.2 Å². The molecule has 0 fully saturated rings. The van der Waals surface area contributed by atoms with Crippen molar-refractivity contribution in [3.63, 3.8) is 0 Å². The van der Waals surface area contributed by atoms with Crippen molar-refractivity contribution in [1.82, 2.24) is 4.57 Å². The SMILES string of the molecule is Cn1cc(Br)cc1C(=O)Nc1ccccc1CN. The molecule has 0 atom stereocenters. The Morgan fingerprint density at radius 3 is 2.78 bits per heavy atom. The van der Waals surface area contributed by atoms with Gasteiger partial charge in [-0.05, 0) is 33.6 Å². The second-order valence-electron chi connectivity index (χ2n) is 3.97. The van der Waals surface area contributed by atoms with E-state index in [0.717, 1.165) is 15.7 Å². The van der Waals surface area contributed by atoms with Crippen LogP contribution in [0, 0.1) is 0 Å². The van der Waals surface area contributed by atoms with E-state index in [0.29, 0.717) is 12.2 Å². The molecule has 94 valence electrons. The lowest BCUT2D eigenvalue weighted by Crippen LogP contribution is -2.17. The molecule has 2 rings (SSSR count). The number of nitrogens with two attached hydrogens (primary N) is 1. The fourth-order valence-corrected chi connectivity index (χ4v) is 2.28. The molecule has 1 aromatic carbocycles. The van der Waals surface area contributed by atoms with E-state index < -0.39 is 0 Å². The number of carbonyl (C=O) groups is 1. The number of nitrogens with zero attached hydrogens (tertiary/aromatic N) is 1. The number of carbonyl (C=O) groups excluding carboxylic acids is 1. The van der Waals surface area contributed by atoms with E-state index in [4.69, 9.17) is 5.73 Å². The standard InChI is InChI=1S/C13H14BrN3O/c1-17-8-10(14)6-12(17)13(18)16-11-5-3-2-4-9(11)7-15/h2-6,8H,7,15H2,1H3,(H,16,18). The molecule has 5 heteroatoms. The van der Waals surface area contributed by atoms with Crippen molar-refractivity contribution in [2.24, 2.45) is 12.8 Å². The van der Waals surface area contributed by atoms with E-state index in [-0.39, 0.29) is 5.91 Å². The van der Waals surface area contributed by atoms with Crippen LogP contribution in [0.3, 0.4) is 0 Å². The molecule has 0 saturated carbocycles. The largest absolute Gasteiger partial charge is 0.345 e. The van der Waals surface area contributed by atoms with Gasteiger partial charge in [0.05, 0.1) is 0 Å². The average molecular weight is 308 g/mol. The Kier molecular flexibility index (Phi) is 3.84. The van der Waals surface area contributed by atoms with E-state index in [1.54, 1.807) is 10.6 Å². The van der Waals surface area contributed by atoms with Gasteiger partial charge in [0.2, 0.25) is 0 Å². The van der Waals surface area contributed by atoms with Crippen LogP contribution in [0.15, 0.2) is 41.0 Å². The number of benzene rings is 1. The Morgan fingerprint density at radius 2 is 2.17 bits per heavy atom. The number of hydrogen-bond donors (Lipinski definition) is 2. The summed E-state index contributed by atoms with van der Waals surface area (Å²) in [6.07, 6.45) is 1.84. The fourth-order valence-electron chi connectivity index (χ4n) is 1.76. The van der Waals surface area contributed by atoms with Crippen molar-refractivity contribution in [3.8, 4) is 0 Å². The second kappa shape index (κ2) is 5.37. The van der Waals surface area contributed by atoms with E-state index in [1.165, 1.54) is 0 Å². The highest BCUT2D eigenvalue weighted by Crippen LogP contribution is 2.18. The Bertz CT molecular complexity index is 577. The minimum atomic E-state index is -0.149. The quantitative estimate of drug-likeness (QED) is 0.915. The molecule has 1 heterocycles. The summed E-state index contributed by atoms with van der Waals surface area (Å²) in [7, 11) is 1.83. The summed E-state index contributed by atoms with van der Waals surface area (Å²) in [5.74, 6) is -0.149. The summed E-state index contributed by atoms with van der Waals surface area (Å²) in [6, 6.07) is 9.29. The number of aryl methyl sites for hydroxylation is 1. The lowest BCUT2D eigenvalue weighted by molar-refractivity contribution is 0.101. The van der Waals surface area contributed by atoms with Gasteiger partial charge in [0.15, 0.2) is 0 Å². The van der Waals surface area contributed by atoms with E-state index in [2.05, 4.69) is 21.2 Å². The molecule has 0 aliphatic heterocycles. The summed E-state index contributed by atoms with van der Waals surface area (Å²) in [4.78, 5) is 12.1. The van der Waals surface area contributed by atoms with Crippen molar-refractivity contribution < 1.29 is 4.79 Å². The van der Waals surface area contributed by atoms with E-state index in [9.17, 15) is 4.79 Å². The number of halogens is 1. The molecule has 18 heavy (non-hydrogen) atoms. The highest BCUT2D eigenvalue weighted by molar-refractivity contribution is 9.10. The Labute approximate surface area is 114 Å². The molecular weight excluding hydrogens is 294 g/mol. The first-order chi connectivity index (χ1) is 8.61. The number of amides is 1. The molecule has 0 aliphatic carbocycles. The lowest BCUT2D eigenvalue weighted by Gasteiger charge is -2.09. The number of hydrogen-bond acceptors (Lipinski definition) is 2. The molecule has 3 N–H and O–H groups in total. The Balaban J connectivity index is 2.24. The van der Waals surface area contributed by atoms with Crippen molar-refractivity contribution in [2.45, 2.75) is 6.54 Å². The zero-order valence-electron chi connectivity index (χ0n) is 9.98. The minimum absolute atomic E-state index is 0.149. The molecule has 0 spiro atoms. The minimum Gasteiger partial charge on any atom is -0.345 e. The third-order valence-corrected chi connectivity index (χ3v) is 3.12. The van der Waals surface area contributed by atoms with Crippen LogP contribution in [-0.2, 0) is 13.6 Å². The summed E-state index contributed by atoms with van der Waals surface area (Å²) < 4.78 is 2.65. The van der Waals surface area contributed by atoms with Gasteiger partial charge >= 0.3 is 0 Å². The monoisotopic (exact) mass is 307 g/mol. The van der Waals surface area contributed by atoms with Crippen LogP contribution in [0.5, 0.6) is 0 Å². The van der Waals surface area contributed by atoms with Gasteiger partial charge in [0.25, 0.3) is 5.91 Å². The van der Waals surface area contributed by atoms with Crippen LogP contribution in [0.4, 0.5) is 5.69 Å². The maximum absolute atomic E-state index is 12.1. The average Bonchev–Trinajstić information content (AvgIpc) is 2.69. The normalized spacial score (nSPS) is 10.4. The smallest absolute Gasteiger partial charge is 0.272 e. The van der Waals surface area contributed by atoms with Gasteiger partial charge in [-0.25, -0.2) is 0 Å². The Morgan fingerprint density at radius 1 is 1.44 bits per heavy atom. The maximum atomic E-state index is 12.1. The molecule has 0 radical (unpaired) electrons. The molecule has 0 aliphatic rings. The highest BCUT2D eigenvalue weighted by Gasteiger charge is 2.12. The fraction of sp³-hybridized carbons (Fsp3) is 0.154. The van der Waals surface area contributed by atoms with Crippen LogP contribution >= 0.6 is 15.9 Å². The third kappa shape index (κ3) is 2.63. The predicted octanol–water partition coefficient (Wildman–Crippen LogP) is 2.50. The van der Waals surface area contributed by atoms with Crippen LogP contribution in [0.2, 0.25) is 0 Å². The molecule has 4 nitrogen and oxygen atoms in total. The molecule has 2 aromatic rings. The molecular formula is C13H14BrN3O. The third-order valence-electron chi connectivity index (χ3n) is 2.69. The maximum Gasteiger partial charge on any atom is 0.272 e. The molecule has 0 bridgehead atoms. The summed E-state index contributed by atoms with van der Waals surface area (Å²) in [5.41, 5.74) is 7.89. The summed E-state index contributed by atoms with van der Waals surface area (Å²) in [6.45, 7) is 0.396. The molecule has 1 amide bonds. The highest BCUT2D eigenvalue weighted by atomic mass is 79.9. The van der Waals surface area contributed by atoms with Gasteiger partial charge in [-0.3, -0.25) is 4.79 Å². The number of rotatable bonds is 3. The van der Waals surface area contributed by atoms with E-state index in [1.807, 2.05) is 37.5 Å². The van der Waals surface area contributed by atoms with Gasteiger partial charge in [-0.2, -0.15) is 0 Å². The zero-order valence-corrected chi connectivity index (χ0v) is 11.6. The zero-order chi connectivity index (χ0) is 13.1. The van der Waals surface area contributed by atoms with Crippen LogP contribution in [0.1, 0.15) is 16.1 Å². The van der Waals surface area contributed by atoms with Gasteiger partial charge in [0.1, 0.15) is 5.69 Å². The van der Waals surface area contributed by atoms with Gasteiger partial charge in [-0.15, -0.1) is 0 Å². The molecule has 1 aromatic heterocycles. The lowest BCUT2D eigenvalue weighted by atomic mass is 10.2. The molecule has 0 saturated heterocycles. The first kappa shape index (κ1) is 12.9. The summed E-state index contributed by atoms with van der Waals surface area (Å²) in [5, 5.41) is 2.87. The Hall–Kier alpha value is -1.59. The van der Waals surface area contributed by atoms with Gasteiger partial charge < -0.3 is 15.6 Å². The first-order valence-electron chi connectivity index (χ1n) is 5.53. The molecule has 0 unspecified atom stereocenters. The number of aromatic nitrogens is 1. The van der Waals surface area contributed by atoms with Gasteiger partial charge in [0, 0.05) is 29.9 Å². The first-order valence-corrected chi connectivity index (χ1v) is 6.32.